The minimum absolute atomic E-state index is 0.594. The molecular weight excluding hydrogens is 619 g/mol. The summed E-state index contributed by atoms with van der Waals surface area (Å²) in [4.78, 5) is 42.7. The van der Waals surface area contributed by atoms with Gasteiger partial charge < -0.3 is 9.97 Å². The molecule has 50 heavy (non-hydrogen) atoms. The van der Waals surface area contributed by atoms with Gasteiger partial charge in [-0.15, -0.1) is 0 Å². The zero-order chi connectivity index (χ0) is 33.4. The molecule has 7 aromatic rings. The van der Waals surface area contributed by atoms with E-state index in [1.807, 2.05) is 60.7 Å². The van der Waals surface area contributed by atoms with Crippen molar-refractivity contribution in [3.05, 3.63) is 150 Å². The van der Waals surface area contributed by atoms with Crippen LogP contribution in [0, 0.1) is 0 Å². The molecule has 236 valence electrons. The number of H-pyrrole nitrogens is 2. The second kappa shape index (κ2) is 12.2. The van der Waals surface area contributed by atoms with Gasteiger partial charge in [-0.1, -0.05) is 18.2 Å². The molecule has 0 atom stereocenters. The smallest absolute Gasteiger partial charge is 0.150 e. The Bertz CT molecular complexity index is 2520. The number of aldehydes is 1. The average molecular weight is 646 g/mol. The van der Waals surface area contributed by atoms with Gasteiger partial charge in [0, 0.05) is 87.1 Å². The highest BCUT2D eigenvalue weighted by atomic mass is 16.1. The Morgan fingerprint density at radius 3 is 1.26 bits per heavy atom. The molecule has 8 heterocycles. The Hall–Kier alpha value is -7.06. The van der Waals surface area contributed by atoms with E-state index in [0.717, 1.165) is 95.6 Å². The predicted molar refractivity (Wildman–Crippen MR) is 199 cm³/mol. The molecule has 0 fully saturated rings. The molecule has 0 saturated heterocycles. The van der Waals surface area contributed by atoms with E-state index in [-0.39, 0.29) is 0 Å². The van der Waals surface area contributed by atoms with Crippen LogP contribution in [0.5, 0.6) is 0 Å². The van der Waals surface area contributed by atoms with Crippen molar-refractivity contribution in [3.8, 4) is 44.5 Å². The molecule has 8 heteroatoms. The van der Waals surface area contributed by atoms with Crippen molar-refractivity contribution in [3.63, 3.8) is 0 Å². The van der Waals surface area contributed by atoms with Gasteiger partial charge in [-0.3, -0.25) is 19.7 Å². The number of rotatable bonds is 5. The van der Waals surface area contributed by atoms with E-state index < -0.39 is 0 Å². The highest BCUT2D eigenvalue weighted by Gasteiger charge is 2.19. The number of benzene rings is 1. The maximum absolute atomic E-state index is 11.9. The van der Waals surface area contributed by atoms with Gasteiger partial charge in [-0.25, -0.2) is 9.97 Å². The predicted octanol–water partition coefficient (Wildman–Crippen LogP) is 9.32. The number of hydrogen-bond donors (Lipinski definition) is 2. The zero-order valence-electron chi connectivity index (χ0n) is 26.6. The Morgan fingerprint density at radius 2 is 0.820 bits per heavy atom. The van der Waals surface area contributed by atoms with Crippen LogP contribution in [-0.4, -0.2) is 41.2 Å². The SMILES string of the molecule is O=Cc1cccc(-c2c3ccc([nH]3)c(-c3ccncc3)c3nc(c(-c4ccncc4)c4nc(c(-c5ccncc5)c5ccc2[nH]5)C=C4)C=C3)c1. The lowest BCUT2D eigenvalue weighted by Crippen LogP contribution is -1.91. The second-order valence-corrected chi connectivity index (χ2v) is 12.0. The van der Waals surface area contributed by atoms with Crippen molar-refractivity contribution < 1.29 is 4.79 Å². The number of hydrogen-bond acceptors (Lipinski definition) is 6. The number of aromatic nitrogens is 7. The number of pyridine rings is 3. The summed E-state index contributed by atoms with van der Waals surface area (Å²) in [6.45, 7) is 0. The molecule has 0 amide bonds. The van der Waals surface area contributed by atoms with Crippen molar-refractivity contribution in [1.29, 1.82) is 0 Å². The molecule has 2 aliphatic heterocycles. The maximum atomic E-state index is 11.9. The van der Waals surface area contributed by atoms with Crippen LogP contribution in [0.3, 0.4) is 0 Å². The summed E-state index contributed by atoms with van der Waals surface area (Å²) in [5.74, 6) is 0. The Morgan fingerprint density at radius 1 is 0.420 bits per heavy atom. The molecular formula is C42H27N7O. The molecule has 6 aromatic heterocycles. The van der Waals surface area contributed by atoms with Crippen LogP contribution in [0.15, 0.2) is 122 Å². The minimum atomic E-state index is 0.594. The van der Waals surface area contributed by atoms with Gasteiger partial charge >= 0.3 is 0 Å². The Labute approximate surface area is 286 Å². The molecule has 0 spiro atoms. The van der Waals surface area contributed by atoms with E-state index in [0.29, 0.717) is 5.56 Å². The van der Waals surface area contributed by atoms with Gasteiger partial charge in [0.25, 0.3) is 0 Å². The zero-order valence-corrected chi connectivity index (χ0v) is 26.6. The van der Waals surface area contributed by atoms with Crippen LogP contribution < -0.4 is 0 Å². The average Bonchev–Trinajstić information content (AvgIpc) is 4.01. The van der Waals surface area contributed by atoms with Crippen LogP contribution in [0.25, 0.3) is 90.9 Å². The third-order valence-electron chi connectivity index (χ3n) is 8.97. The summed E-state index contributed by atoms with van der Waals surface area (Å²) in [6, 6.07) is 27.9. The first-order chi connectivity index (χ1) is 24.7. The van der Waals surface area contributed by atoms with Crippen LogP contribution in [-0.2, 0) is 0 Å². The molecule has 2 N–H and O–H groups in total. The van der Waals surface area contributed by atoms with Gasteiger partial charge in [-0.2, -0.15) is 0 Å². The van der Waals surface area contributed by atoms with Crippen molar-refractivity contribution in [2.45, 2.75) is 0 Å². The first-order valence-corrected chi connectivity index (χ1v) is 16.2. The molecule has 8 nitrogen and oxygen atoms in total. The first-order valence-electron chi connectivity index (χ1n) is 16.2. The van der Waals surface area contributed by atoms with Gasteiger partial charge in [0.2, 0.25) is 0 Å². The summed E-state index contributed by atoms with van der Waals surface area (Å²) in [5, 5.41) is 0. The number of carbonyl (C=O) groups is 1. The maximum Gasteiger partial charge on any atom is 0.150 e. The minimum Gasteiger partial charge on any atom is -0.354 e. The Kier molecular flexibility index (Phi) is 7.10. The summed E-state index contributed by atoms with van der Waals surface area (Å²) < 4.78 is 0. The molecule has 0 unspecified atom stereocenters. The molecule has 9 rings (SSSR count). The number of fused-ring (bicyclic) bond motifs is 8. The highest BCUT2D eigenvalue weighted by molar-refractivity contribution is 6.00. The lowest BCUT2D eigenvalue weighted by Gasteiger charge is -2.07. The van der Waals surface area contributed by atoms with E-state index in [1.54, 1.807) is 37.2 Å². The van der Waals surface area contributed by atoms with Crippen molar-refractivity contribution in [2.75, 3.05) is 0 Å². The lowest BCUT2D eigenvalue weighted by atomic mass is 10.0. The fraction of sp³-hybridized carbons (Fsp3) is 0. The largest absolute Gasteiger partial charge is 0.354 e. The first kappa shape index (κ1) is 29.1. The third-order valence-corrected chi connectivity index (χ3v) is 8.97. The second-order valence-electron chi connectivity index (χ2n) is 12.0. The number of nitrogens with zero attached hydrogens (tertiary/aromatic N) is 5. The molecule has 2 aliphatic rings. The topological polar surface area (TPSA) is 113 Å². The van der Waals surface area contributed by atoms with E-state index in [4.69, 9.17) is 9.97 Å². The van der Waals surface area contributed by atoms with E-state index >= 15 is 0 Å². The quantitative estimate of drug-likeness (QED) is 0.180. The van der Waals surface area contributed by atoms with Crippen LogP contribution in [0.1, 0.15) is 33.1 Å². The van der Waals surface area contributed by atoms with Crippen molar-refractivity contribution in [1.82, 2.24) is 34.9 Å². The Balaban J connectivity index is 1.48. The fourth-order valence-electron chi connectivity index (χ4n) is 6.74. The molecule has 8 bridgehead atoms. The van der Waals surface area contributed by atoms with Crippen molar-refractivity contribution >= 4 is 52.7 Å². The fourth-order valence-corrected chi connectivity index (χ4v) is 6.74. The summed E-state index contributed by atoms with van der Waals surface area (Å²) in [6.07, 6.45) is 19.8. The van der Waals surface area contributed by atoms with Crippen molar-refractivity contribution in [2.24, 2.45) is 0 Å². The number of carbonyl (C=O) groups excluding carboxylic acids is 1. The summed E-state index contributed by atoms with van der Waals surface area (Å²) in [5.41, 5.74) is 14.8. The van der Waals surface area contributed by atoms with Gasteiger partial charge in [0.1, 0.15) is 6.29 Å². The standard InChI is InChI=1S/C42H27N7O/c50-25-26-2-1-3-30(24-26)42-37-10-8-35(48-37)40(28-14-20-44-21-15-28)33-6-4-31(46-33)39(27-12-18-43-19-13-27)32-5-7-34(47-32)41(29-16-22-45-23-17-29)36-9-11-38(42)49-36/h1-25,48-49H. The number of aromatic amines is 2. The van der Waals surface area contributed by atoms with Crippen LogP contribution >= 0.6 is 0 Å². The third kappa shape index (κ3) is 5.12. The highest BCUT2D eigenvalue weighted by Crippen LogP contribution is 2.38. The van der Waals surface area contributed by atoms with E-state index in [1.165, 1.54) is 0 Å². The molecule has 0 aliphatic carbocycles. The van der Waals surface area contributed by atoms with Crippen LogP contribution in [0.2, 0.25) is 0 Å². The summed E-state index contributed by atoms with van der Waals surface area (Å²) >= 11 is 0. The normalized spacial score (nSPS) is 11.9. The molecule has 0 radical (unpaired) electrons. The monoisotopic (exact) mass is 645 g/mol. The van der Waals surface area contributed by atoms with Gasteiger partial charge in [0.15, 0.2) is 0 Å². The summed E-state index contributed by atoms with van der Waals surface area (Å²) in [7, 11) is 0. The van der Waals surface area contributed by atoms with E-state index in [2.05, 4.69) is 73.5 Å². The molecule has 0 saturated carbocycles. The number of nitrogens with one attached hydrogen (secondary N) is 2. The van der Waals surface area contributed by atoms with E-state index in [9.17, 15) is 4.79 Å². The lowest BCUT2D eigenvalue weighted by molar-refractivity contribution is 0.112. The molecule has 1 aromatic carbocycles. The van der Waals surface area contributed by atoms with Gasteiger partial charge in [-0.05, 0) is 113 Å². The van der Waals surface area contributed by atoms with Crippen LogP contribution in [0.4, 0.5) is 0 Å². The van der Waals surface area contributed by atoms with Gasteiger partial charge in [0.05, 0.1) is 22.8 Å².